The Morgan fingerprint density at radius 1 is 1.24 bits per heavy atom. The van der Waals surface area contributed by atoms with Crippen LogP contribution >= 0.6 is 0 Å². The topological polar surface area (TPSA) is 49.4 Å². The molecule has 2 aliphatic rings. The van der Waals surface area contributed by atoms with Gasteiger partial charge in [0.1, 0.15) is 0 Å². The van der Waals surface area contributed by atoms with Crippen LogP contribution in [0, 0.1) is 6.92 Å². The Kier molecular flexibility index (Phi) is 4.22. The third kappa shape index (κ3) is 3.98. The summed E-state index contributed by atoms with van der Waals surface area (Å²) in [5, 5.41) is 3.57. The highest BCUT2D eigenvalue weighted by atomic mass is 32.2. The van der Waals surface area contributed by atoms with Gasteiger partial charge in [-0.05, 0) is 37.8 Å². The van der Waals surface area contributed by atoms with E-state index in [9.17, 15) is 8.42 Å². The fourth-order valence-electron chi connectivity index (χ4n) is 2.89. The van der Waals surface area contributed by atoms with Gasteiger partial charge in [-0.2, -0.15) is 0 Å². The smallest absolute Gasteiger partial charge is 0.152 e. The molecule has 2 fully saturated rings. The van der Waals surface area contributed by atoms with Crippen molar-refractivity contribution >= 4 is 15.5 Å². The number of rotatable bonds is 4. The summed E-state index contributed by atoms with van der Waals surface area (Å²) in [4.78, 5) is 2.24. The Hall–Kier alpha value is -1.07. The summed E-state index contributed by atoms with van der Waals surface area (Å²) < 4.78 is 23.5. The number of sulfone groups is 1. The predicted octanol–water partition coefficient (Wildman–Crippen LogP) is 1.87. The summed E-state index contributed by atoms with van der Waals surface area (Å²) in [5.41, 5.74) is 3.75. The first-order chi connectivity index (χ1) is 10.0. The van der Waals surface area contributed by atoms with Gasteiger partial charge in [-0.1, -0.05) is 17.7 Å². The van der Waals surface area contributed by atoms with E-state index in [2.05, 4.69) is 35.3 Å². The van der Waals surface area contributed by atoms with Crippen molar-refractivity contribution in [2.45, 2.75) is 38.8 Å². The molecule has 116 valence electrons. The van der Waals surface area contributed by atoms with Gasteiger partial charge < -0.3 is 10.2 Å². The minimum atomic E-state index is -2.85. The van der Waals surface area contributed by atoms with Crippen molar-refractivity contribution in [3.8, 4) is 0 Å². The molecule has 0 unspecified atom stereocenters. The van der Waals surface area contributed by atoms with E-state index in [1.165, 1.54) is 29.7 Å². The average molecular weight is 308 g/mol. The van der Waals surface area contributed by atoms with Crippen molar-refractivity contribution in [2.75, 3.05) is 29.5 Å². The molecular formula is C16H24N2O2S. The lowest BCUT2D eigenvalue weighted by Gasteiger charge is -2.25. The number of hydrogen-bond acceptors (Lipinski definition) is 4. The summed E-state index contributed by atoms with van der Waals surface area (Å²) in [6.45, 7) is 4.43. The molecule has 1 aromatic rings. The van der Waals surface area contributed by atoms with E-state index < -0.39 is 9.84 Å². The van der Waals surface area contributed by atoms with Crippen molar-refractivity contribution in [1.82, 2.24) is 5.32 Å². The average Bonchev–Trinajstić information content (AvgIpc) is 3.25. The summed E-state index contributed by atoms with van der Waals surface area (Å²) in [7, 11) is -2.85. The first-order valence-corrected chi connectivity index (χ1v) is 9.64. The van der Waals surface area contributed by atoms with Gasteiger partial charge in [-0.25, -0.2) is 8.42 Å². The van der Waals surface area contributed by atoms with Crippen LogP contribution in [0.15, 0.2) is 18.2 Å². The zero-order chi connectivity index (χ0) is 14.9. The standard InChI is InChI=1S/C16H24N2O2S/c1-13-3-6-16(14(11-13)12-17-15-4-5-15)18-7-2-9-21(19,20)10-8-18/h3,6,11,15,17H,2,4-5,7-10,12H2,1H3. The molecule has 3 rings (SSSR count). The van der Waals surface area contributed by atoms with Gasteiger partial charge >= 0.3 is 0 Å². The van der Waals surface area contributed by atoms with Crippen LogP contribution in [0.25, 0.3) is 0 Å². The van der Waals surface area contributed by atoms with E-state index in [-0.39, 0.29) is 5.75 Å². The van der Waals surface area contributed by atoms with Gasteiger partial charge in [-0.3, -0.25) is 0 Å². The van der Waals surface area contributed by atoms with Crippen LogP contribution in [0.5, 0.6) is 0 Å². The lowest BCUT2D eigenvalue weighted by molar-refractivity contribution is 0.597. The molecule has 5 heteroatoms. The fourth-order valence-corrected chi connectivity index (χ4v) is 4.16. The highest BCUT2D eigenvalue weighted by Crippen LogP contribution is 2.26. The van der Waals surface area contributed by atoms with Gasteiger partial charge in [-0.15, -0.1) is 0 Å². The summed E-state index contributed by atoms with van der Waals surface area (Å²) >= 11 is 0. The molecule has 1 heterocycles. The van der Waals surface area contributed by atoms with E-state index in [0.717, 1.165) is 19.5 Å². The summed E-state index contributed by atoms with van der Waals surface area (Å²) in [5.74, 6) is 0.599. The van der Waals surface area contributed by atoms with E-state index in [1.54, 1.807) is 0 Å². The molecule has 1 saturated carbocycles. The van der Waals surface area contributed by atoms with Crippen LogP contribution in [0.3, 0.4) is 0 Å². The maximum absolute atomic E-state index is 11.8. The van der Waals surface area contributed by atoms with Gasteiger partial charge in [0, 0.05) is 31.4 Å². The molecule has 4 nitrogen and oxygen atoms in total. The predicted molar refractivity (Wildman–Crippen MR) is 86.5 cm³/mol. The number of benzene rings is 1. The van der Waals surface area contributed by atoms with Gasteiger partial charge in [0.15, 0.2) is 9.84 Å². The zero-order valence-corrected chi connectivity index (χ0v) is 13.5. The lowest BCUT2D eigenvalue weighted by atomic mass is 10.1. The monoisotopic (exact) mass is 308 g/mol. The summed E-state index contributed by atoms with van der Waals surface area (Å²) in [6.07, 6.45) is 3.29. The summed E-state index contributed by atoms with van der Waals surface area (Å²) in [6, 6.07) is 7.18. The third-order valence-corrected chi connectivity index (χ3v) is 6.01. The molecule has 0 radical (unpaired) electrons. The number of hydrogen-bond donors (Lipinski definition) is 1. The van der Waals surface area contributed by atoms with E-state index in [1.807, 2.05) is 0 Å². The maximum atomic E-state index is 11.8. The second-order valence-corrected chi connectivity index (χ2v) is 8.58. The number of aryl methyl sites for hydroxylation is 1. The van der Waals surface area contributed by atoms with E-state index >= 15 is 0 Å². The fraction of sp³-hybridized carbons (Fsp3) is 0.625. The molecule has 1 aromatic carbocycles. The normalized spacial score (nSPS) is 22.0. The van der Waals surface area contributed by atoms with Crippen LogP contribution in [-0.2, 0) is 16.4 Å². The van der Waals surface area contributed by atoms with Crippen LogP contribution in [0.2, 0.25) is 0 Å². The molecule has 1 N–H and O–H groups in total. The van der Waals surface area contributed by atoms with Crippen LogP contribution in [-0.4, -0.2) is 39.1 Å². The molecule has 0 aromatic heterocycles. The molecule has 1 aliphatic heterocycles. The molecule has 1 aliphatic carbocycles. The molecule has 1 saturated heterocycles. The highest BCUT2D eigenvalue weighted by molar-refractivity contribution is 7.91. The van der Waals surface area contributed by atoms with Crippen LogP contribution in [0.1, 0.15) is 30.4 Å². The molecule has 0 spiro atoms. The Bertz CT molecular complexity index is 609. The minimum absolute atomic E-state index is 0.274. The number of anilines is 1. The number of nitrogens with zero attached hydrogens (tertiary/aromatic N) is 1. The first-order valence-electron chi connectivity index (χ1n) is 7.82. The van der Waals surface area contributed by atoms with E-state index in [4.69, 9.17) is 0 Å². The Morgan fingerprint density at radius 3 is 2.81 bits per heavy atom. The number of nitrogens with one attached hydrogen (secondary N) is 1. The minimum Gasteiger partial charge on any atom is -0.370 e. The SMILES string of the molecule is Cc1ccc(N2CCCS(=O)(=O)CC2)c(CNC2CC2)c1. The van der Waals surface area contributed by atoms with Gasteiger partial charge in [0.05, 0.1) is 11.5 Å². The van der Waals surface area contributed by atoms with Crippen molar-refractivity contribution in [1.29, 1.82) is 0 Å². The van der Waals surface area contributed by atoms with Crippen molar-refractivity contribution in [3.63, 3.8) is 0 Å². The Morgan fingerprint density at radius 2 is 2.05 bits per heavy atom. The maximum Gasteiger partial charge on any atom is 0.152 e. The second kappa shape index (κ2) is 5.97. The lowest BCUT2D eigenvalue weighted by Crippen LogP contribution is -2.28. The van der Waals surface area contributed by atoms with Crippen LogP contribution in [0.4, 0.5) is 5.69 Å². The Labute approximate surface area is 127 Å². The largest absolute Gasteiger partial charge is 0.370 e. The van der Waals surface area contributed by atoms with Crippen molar-refractivity contribution in [2.24, 2.45) is 0 Å². The molecule has 21 heavy (non-hydrogen) atoms. The van der Waals surface area contributed by atoms with Crippen LogP contribution < -0.4 is 10.2 Å². The van der Waals surface area contributed by atoms with Gasteiger partial charge in [0.2, 0.25) is 0 Å². The van der Waals surface area contributed by atoms with E-state index in [0.29, 0.717) is 18.3 Å². The highest BCUT2D eigenvalue weighted by Gasteiger charge is 2.23. The van der Waals surface area contributed by atoms with Gasteiger partial charge in [0.25, 0.3) is 0 Å². The second-order valence-electron chi connectivity index (χ2n) is 6.28. The molecule has 0 atom stereocenters. The third-order valence-electron chi connectivity index (χ3n) is 4.29. The quantitative estimate of drug-likeness (QED) is 0.922. The molecular weight excluding hydrogens is 284 g/mol. The first kappa shape index (κ1) is 14.9. The molecule has 0 bridgehead atoms. The zero-order valence-electron chi connectivity index (χ0n) is 12.6. The van der Waals surface area contributed by atoms with Crippen molar-refractivity contribution < 1.29 is 8.42 Å². The molecule has 0 amide bonds. The van der Waals surface area contributed by atoms with Crippen molar-refractivity contribution in [3.05, 3.63) is 29.3 Å². The Balaban J connectivity index is 1.79.